The molecule has 0 saturated heterocycles. The van der Waals surface area contributed by atoms with Gasteiger partial charge in [0.1, 0.15) is 5.82 Å². The van der Waals surface area contributed by atoms with Gasteiger partial charge in [0.25, 0.3) is 0 Å². The molecule has 0 spiro atoms. The van der Waals surface area contributed by atoms with E-state index >= 15 is 0 Å². The third-order valence-corrected chi connectivity index (χ3v) is 5.77. The molecule has 2 atom stereocenters. The fourth-order valence-electron chi connectivity index (χ4n) is 2.62. The number of rotatable bonds is 4. The molecule has 0 radical (unpaired) electrons. The highest BCUT2D eigenvalue weighted by Crippen LogP contribution is 2.34. The summed E-state index contributed by atoms with van der Waals surface area (Å²) in [6.07, 6.45) is 3.78. The lowest BCUT2D eigenvalue weighted by molar-refractivity contribution is 0.630. The van der Waals surface area contributed by atoms with Crippen molar-refractivity contribution in [1.29, 1.82) is 0 Å². The van der Waals surface area contributed by atoms with E-state index in [2.05, 4.69) is 17.2 Å². The monoisotopic (exact) mass is 296 g/mol. The third-order valence-electron chi connectivity index (χ3n) is 3.49. The van der Waals surface area contributed by atoms with Gasteiger partial charge in [-0.05, 0) is 36.8 Å². The summed E-state index contributed by atoms with van der Waals surface area (Å²) < 4.78 is 14.1. The van der Waals surface area contributed by atoms with Crippen LogP contribution in [0.15, 0.2) is 18.2 Å². The second-order valence-electron chi connectivity index (χ2n) is 4.81. The van der Waals surface area contributed by atoms with E-state index < -0.39 is 0 Å². The number of nitrogens with one attached hydrogen (secondary N) is 1. The Bertz CT molecular complexity index is 570. The van der Waals surface area contributed by atoms with Crippen LogP contribution in [-0.4, -0.2) is 22.0 Å². The molecule has 1 saturated carbocycles. The van der Waals surface area contributed by atoms with Crippen LogP contribution < -0.4 is 5.32 Å². The molecule has 2 aromatic rings. The van der Waals surface area contributed by atoms with Crippen molar-refractivity contribution in [3.63, 3.8) is 0 Å². The van der Waals surface area contributed by atoms with Crippen LogP contribution in [0.4, 0.5) is 9.52 Å². The Kier molecular flexibility index (Phi) is 3.93. The van der Waals surface area contributed by atoms with Crippen LogP contribution in [0.1, 0.15) is 26.2 Å². The average Bonchev–Trinajstić information content (AvgIpc) is 2.97. The van der Waals surface area contributed by atoms with Crippen molar-refractivity contribution in [2.75, 3.05) is 11.1 Å². The number of thioether (sulfide) groups is 1. The van der Waals surface area contributed by atoms with Gasteiger partial charge in [0.05, 0.1) is 10.2 Å². The first-order valence-corrected chi connectivity index (χ1v) is 8.57. The lowest BCUT2D eigenvalue weighted by atomic mass is 10.2. The first-order valence-electron chi connectivity index (χ1n) is 6.70. The molecule has 1 aliphatic rings. The number of hydrogen-bond acceptors (Lipinski definition) is 4. The number of halogens is 1. The molecule has 1 N–H and O–H groups in total. The van der Waals surface area contributed by atoms with Crippen molar-refractivity contribution in [2.45, 2.75) is 37.5 Å². The standard InChI is InChI=1S/C14H17FN2S2/c1-2-18-12-5-3-4-10(12)16-14-17-11-7-6-9(15)8-13(11)19-14/h6-8,10,12H,2-5H2,1H3,(H,16,17). The molecular weight excluding hydrogens is 279 g/mol. The van der Waals surface area contributed by atoms with Gasteiger partial charge in [-0.25, -0.2) is 9.37 Å². The summed E-state index contributed by atoms with van der Waals surface area (Å²) >= 11 is 3.58. The summed E-state index contributed by atoms with van der Waals surface area (Å²) in [5.41, 5.74) is 0.881. The minimum Gasteiger partial charge on any atom is -0.358 e. The van der Waals surface area contributed by atoms with Gasteiger partial charge >= 0.3 is 0 Å². The topological polar surface area (TPSA) is 24.9 Å². The van der Waals surface area contributed by atoms with Gasteiger partial charge in [0.15, 0.2) is 5.13 Å². The number of benzene rings is 1. The van der Waals surface area contributed by atoms with Gasteiger partial charge in [-0.15, -0.1) is 0 Å². The Morgan fingerprint density at radius 2 is 2.37 bits per heavy atom. The van der Waals surface area contributed by atoms with Crippen molar-refractivity contribution in [1.82, 2.24) is 4.98 Å². The Balaban J connectivity index is 1.77. The number of fused-ring (bicyclic) bond motifs is 1. The van der Waals surface area contributed by atoms with Gasteiger partial charge in [0.2, 0.25) is 0 Å². The second-order valence-corrected chi connectivity index (χ2v) is 7.35. The lowest BCUT2D eigenvalue weighted by Gasteiger charge is -2.19. The Hall–Kier alpha value is -0.810. The van der Waals surface area contributed by atoms with Crippen molar-refractivity contribution in [2.24, 2.45) is 0 Å². The Morgan fingerprint density at radius 3 is 3.21 bits per heavy atom. The molecule has 0 amide bonds. The molecule has 2 nitrogen and oxygen atoms in total. The van der Waals surface area contributed by atoms with Gasteiger partial charge in [-0.2, -0.15) is 11.8 Å². The van der Waals surface area contributed by atoms with Crippen LogP contribution in [0, 0.1) is 5.82 Å². The largest absolute Gasteiger partial charge is 0.358 e. The Labute approximate surface area is 120 Å². The maximum atomic E-state index is 13.2. The summed E-state index contributed by atoms with van der Waals surface area (Å²) in [7, 11) is 0. The highest BCUT2D eigenvalue weighted by Gasteiger charge is 2.27. The van der Waals surface area contributed by atoms with Crippen LogP contribution in [0.2, 0.25) is 0 Å². The van der Waals surface area contributed by atoms with Crippen LogP contribution in [0.25, 0.3) is 10.2 Å². The molecule has 1 aromatic carbocycles. The third kappa shape index (κ3) is 2.87. The number of anilines is 1. The highest BCUT2D eigenvalue weighted by atomic mass is 32.2. The normalized spacial score (nSPS) is 23.1. The molecule has 1 heterocycles. The number of aromatic nitrogens is 1. The maximum absolute atomic E-state index is 13.2. The van der Waals surface area contributed by atoms with Crippen LogP contribution >= 0.6 is 23.1 Å². The summed E-state index contributed by atoms with van der Waals surface area (Å²) in [5, 5.41) is 5.16. The van der Waals surface area contributed by atoms with E-state index in [-0.39, 0.29) is 5.82 Å². The van der Waals surface area contributed by atoms with Crippen molar-refractivity contribution in [3.05, 3.63) is 24.0 Å². The van der Waals surface area contributed by atoms with Gasteiger partial charge in [-0.3, -0.25) is 0 Å². The predicted octanol–water partition coefficient (Wildman–Crippen LogP) is 4.52. The molecule has 2 unspecified atom stereocenters. The lowest BCUT2D eigenvalue weighted by Crippen LogP contribution is -2.26. The highest BCUT2D eigenvalue weighted by molar-refractivity contribution is 7.99. The quantitative estimate of drug-likeness (QED) is 0.898. The molecular formula is C14H17FN2S2. The van der Waals surface area contributed by atoms with Crippen LogP contribution in [0.5, 0.6) is 0 Å². The number of thiazole rings is 1. The summed E-state index contributed by atoms with van der Waals surface area (Å²) in [6.45, 7) is 2.21. The molecule has 1 fully saturated rings. The van der Waals surface area contributed by atoms with E-state index in [0.717, 1.165) is 21.1 Å². The first-order chi connectivity index (χ1) is 9.26. The predicted molar refractivity (Wildman–Crippen MR) is 82.8 cm³/mol. The van der Waals surface area contributed by atoms with E-state index in [9.17, 15) is 4.39 Å². The molecule has 102 valence electrons. The summed E-state index contributed by atoms with van der Waals surface area (Å²) in [5.74, 6) is 0.969. The molecule has 5 heteroatoms. The zero-order chi connectivity index (χ0) is 13.2. The zero-order valence-corrected chi connectivity index (χ0v) is 12.5. The van der Waals surface area contributed by atoms with E-state index in [0.29, 0.717) is 11.3 Å². The molecule has 1 aliphatic carbocycles. The van der Waals surface area contributed by atoms with Crippen molar-refractivity contribution in [3.8, 4) is 0 Å². The van der Waals surface area contributed by atoms with Crippen LogP contribution in [0.3, 0.4) is 0 Å². The Morgan fingerprint density at radius 1 is 1.47 bits per heavy atom. The smallest absolute Gasteiger partial charge is 0.184 e. The average molecular weight is 296 g/mol. The second kappa shape index (κ2) is 5.67. The summed E-state index contributed by atoms with van der Waals surface area (Å²) in [4.78, 5) is 4.54. The molecule has 19 heavy (non-hydrogen) atoms. The SMILES string of the molecule is CCSC1CCCC1Nc1nc2ccc(F)cc2s1. The van der Waals surface area contributed by atoms with Crippen molar-refractivity contribution < 1.29 is 4.39 Å². The fraction of sp³-hybridized carbons (Fsp3) is 0.500. The zero-order valence-electron chi connectivity index (χ0n) is 10.9. The van der Waals surface area contributed by atoms with E-state index in [1.54, 1.807) is 23.5 Å². The molecule has 0 aliphatic heterocycles. The van der Waals surface area contributed by atoms with Crippen molar-refractivity contribution >= 4 is 38.4 Å². The first kappa shape index (κ1) is 13.2. The number of nitrogens with zero attached hydrogens (tertiary/aromatic N) is 1. The number of hydrogen-bond donors (Lipinski definition) is 1. The molecule has 0 bridgehead atoms. The van der Waals surface area contributed by atoms with Gasteiger partial charge < -0.3 is 5.32 Å². The van der Waals surface area contributed by atoms with E-state index in [1.165, 1.54) is 25.3 Å². The van der Waals surface area contributed by atoms with E-state index in [1.807, 2.05) is 11.8 Å². The van der Waals surface area contributed by atoms with Gasteiger partial charge in [0, 0.05) is 11.3 Å². The minimum absolute atomic E-state index is 0.192. The van der Waals surface area contributed by atoms with Crippen LogP contribution in [-0.2, 0) is 0 Å². The van der Waals surface area contributed by atoms with E-state index in [4.69, 9.17) is 0 Å². The fourth-order valence-corrected chi connectivity index (χ4v) is 4.77. The maximum Gasteiger partial charge on any atom is 0.184 e. The minimum atomic E-state index is -0.192. The molecule has 3 rings (SSSR count). The summed E-state index contributed by atoms with van der Waals surface area (Å²) in [6, 6.07) is 5.29. The van der Waals surface area contributed by atoms with Gasteiger partial charge in [-0.1, -0.05) is 24.7 Å². The molecule has 1 aromatic heterocycles.